The van der Waals surface area contributed by atoms with Crippen molar-refractivity contribution in [3.63, 3.8) is 0 Å². The van der Waals surface area contributed by atoms with E-state index in [0.717, 1.165) is 6.07 Å². The SMILES string of the molecule is CNCC(C)CNC(=O)c1ccc(Br)c(C(F)(F)F)c1. The van der Waals surface area contributed by atoms with E-state index in [0.29, 0.717) is 13.1 Å². The molecule has 0 saturated carbocycles. The summed E-state index contributed by atoms with van der Waals surface area (Å²) < 4.78 is 38.1. The second-order valence-electron chi connectivity index (χ2n) is 4.57. The van der Waals surface area contributed by atoms with Gasteiger partial charge in [0, 0.05) is 16.6 Å². The first-order chi connectivity index (χ1) is 9.25. The van der Waals surface area contributed by atoms with E-state index in [1.807, 2.05) is 6.92 Å². The van der Waals surface area contributed by atoms with Crippen molar-refractivity contribution in [2.45, 2.75) is 13.1 Å². The van der Waals surface area contributed by atoms with Crippen LogP contribution in [0.15, 0.2) is 22.7 Å². The predicted molar refractivity (Wildman–Crippen MR) is 74.6 cm³/mol. The lowest BCUT2D eigenvalue weighted by molar-refractivity contribution is -0.138. The number of nitrogens with one attached hydrogen (secondary N) is 2. The summed E-state index contributed by atoms with van der Waals surface area (Å²) in [5, 5.41) is 5.58. The maximum Gasteiger partial charge on any atom is 0.417 e. The lowest BCUT2D eigenvalue weighted by atomic mass is 10.1. The third-order valence-corrected chi connectivity index (χ3v) is 3.39. The summed E-state index contributed by atoms with van der Waals surface area (Å²) in [6, 6.07) is 3.44. The lowest BCUT2D eigenvalue weighted by Gasteiger charge is -2.13. The molecule has 0 aliphatic rings. The number of hydrogen-bond donors (Lipinski definition) is 2. The van der Waals surface area contributed by atoms with Gasteiger partial charge in [0.2, 0.25) is 0 Å². The highest BCUT2D eigenvalue weighted by molar-refractivity contribution is 9.10. The van der Waals surface area contributed by atoms with Crippen molar-refractivity contribution < 1.29 is 18.0 Å². The number of benzene rings is 1. The molecule has 2 N–H and O–H groups in total. The first-order valence-electron chi connectivity index (χ1n) is 6.05. The molecule has 0 bridgehead atoms. The minimum atomic E-state index is -4.49. The van der Waals surface area contributed by atoms with E-state index >= 15 is 0 Å². The normalized spacial score (nSPS) is 13.1. The third kappa shape index (κ3) is 4.79. The molecule has 7 heteroatoms. The van der Waals surface area contributed by atoms with Gasteiger partial charge in [0.15, 0.2) is 0 Å². The topological polar surface area (TPSA) is 41.1 Å². The molecule has 0 fully saturated rings. The van der Waals surface area contributed by atoms with E-state index in [1.165, 1.54) is 12.1 Å². The van der Waals surface area contributed by atoms with Gasteiger partial charge in [0.05, 0.1) is 5.56 Å². The van der Waals surface area contributed by atoms with E-state index in [9.17, 15) is 18.0 Å². The number of carbonyl (C=O) groups excluding carboxylic acids is 1. The second kappa shape index (κ2) is 7.08. The zero-order chi connectivity index (χ0) is 15.3. The van der Waals surface area contributed by atoms with Crippen molar-refractivity contribution in [3.05, 3.63) is 33.8 Å². The van der Waals surface area contributed by atoms with Crippen molar-refractivity contribution in [2.24, 2.45) is 5.92 Å². The van der Waals surface area contributed by atoms with Gasteiger partial charge in [-0.05, 0) is 37.7 Å². The lowest BCUT2D eigenvalue weighted by Crippen LogP contribution is -2.32. The fourth-order valence-corrected chi connectivity index (χ4v) is 2.14. The Morgan fingerprint density at radius 1 is 1.35 bits per heavy atom. The summed E-state index contributed by atoms with van der Waals surface area (Å²) in [5.41, 5.74) is -0.856. The summed E-state index contributed by atoms with van der Waals surface area (Å²) in [6.07, 6.45) is -4.49. The molecule has 1 aromatic rings. The standard InChI is InChI=1S/C13H16BrF3N2O/c1-8(6-18-2)7-19-12(20)9-3-4-11(14)10(5-9)13(15,16)17/h3-5,8,18H,6-7H2,1-2H3,(H,19,20). The Labute approximate surface area is 124 Å². The van der Waals surface area contributed by atoms with Crippen LogP contribution in [0.2, 0.25) is 0 Å². The van der Waals surface area contributed by atoms with Crippen molar-refractivity contribution in [2.75, 3.05) is 20.1 Å². The number of alkyl halides is 3. The summed E-state index contributed by atoms with van der Waals surface area (Å²) in [6.45, 7) is 3.05. The smallest absolute Gasteiger partial charge is 0.352 e. The van der Waals surface area contributed by atoms with E-state index in [4.69, 9.17) is 0 Å². The van der Waals surface area contributed by atoms with Crippen molar-refractivity contribution in [1.29, 1.82) is 0 Å². The van der Waals surface area contributed by atoms with Crippen LogP contribution in [0.5, 0.6) is 0 Å². The largest absolute Gasteiger partial charge is 0.417 e. The predicted octanol–water partition coefficient (Wildman–Crippen LogP) is 3.05. The number of carbonyl (C=O) groups is 1. The Bertz CT molecular complexity index is 477. The van der Waals surface area contributed by atoms with E-state index in [1.54, 1.807) is 7.05 Å². The molecular weight excluding hydrogens is 337 g/mol. The molecule has 0 aromatic heterocycles. The van der Waals surface area contributed by atoms with Crippen LogP contribution >= 0.6 is 15.9 Å². The van der Waals surface area contributed by atoms with Gasteiger partial charge < -0.3 is 10.6 Å². The van der Waals surface area contributed by atoms with Gasteiger partial charge >= 0.3 is 6.18 Å². The van der Waals surface area contributed by atoms with Gasteiger partial charge in [-0.2, -0.15) is 13.2 Å². The van der Waals surface area contributed by atoms with Crippen LogP contribution in [0.25, 0.3) is 0 Å². The molecule has 0 spiro atoms. The highest BCUT2D eigenvalue weighted by atomic mass is 79.9. The zero-order valence-corrected chi connectivity index (χ0v) is 12.7. The first kappa shape index (κ1) is 17.0. The van der Waals surface area contributed by atoms with Crippen LogP contribution in [0.4, 0.5) is 13.2 Å². The number of amides is 1. The fourth-order valence-electron chi connectivity index (χ4n) is 1.67. The molecule has 1 amide bonds. The number of hydrogen-bond acceptors (Lipinski definition) is 2. The molecule has 0 saturated heterocycles. The monoisotopic (exact) mass is 352 g/mol. The quantitative estimate of drug-likeness (QED) is 0.854. The van der Waals surface area contributed by atoms with E-state index in [-0.39, 0.29) is 16.0 Å². The molecule has 20 heavy (non-hydrogen) atoms. The Morgan fingerprint density at radius 2 is 2.00 bits per heavy atom. The Balaban J connectivity index is 2.79. The highest BCUT2D eigenvalue weighted by Crippen LogP contribution is 2.35. The Morgan fingerprint density at radius 3 is 2.55 bits per heavy atom. The van der Waals surface area contributed by atoms with Crippen molar-refractivity contribution in [3.8, 4) is 0 Å². The second-order valence-corrected chi connectivity index (χ2v) is 5.42. The van der Waals surface area contributed by atoms with Gasteiger partial charge in [-0.15, -0.1) is 0 Å². The van der Waals surface area contributed by atoms with Crippen molar-refractivity contribution >= 4 is 21.8 Å². The zero-order valence-electron chi connectivity index (χ0n) is 11.1. The van der Waals surface area contributed by atoms with E-state index < -0.39 is 17.6 Å². The molecule has 0 aliphatic carbocycles. The number of rotatable bonds is 5. The molecule has 0 radical (unpaired) electrons. The number of halogens is 4. The Hall–Kier alpha value is -1.08. The first-order valence-corrected chi connectivity index (χ1v) is 6.84. The molecule has 3 nitrogen and oxygen atoms in total. The van der Waals surface area contributed by atoms with Crippen LogP contribution in [-0.4, -0.2) is 26.0 Å². The molecule has 1 rings (SSSR count). The van der Waals surface area contributed by atoms with E-state index in [2.05, 4.69) is 26.6 Å². The van der Waals surface area contributed by atoms with Crippen molar-refractivity contribution in [1.82, 2.24) is 10.6 Å². The molecule has 0 heterocycles. The highest BCUT2D eigenvalue weighted by Gasteiger charge is 2.33. The Kier molecular flexibility index (Phi) is 6.01. The average Bonchev–Trinajstić information content (AvgIpc) is 2.35. The average molecular weight is 353 g/mol. The summed E-state index contributed by atoms with van der Waals surface area (Å²) in [5.74, 6) is -0.313. The molecule has 1 aromatic carbocycles. The fraction of sp³-hybridized carbons (Fsp3) is 0.462. The molecule has 1 unspecified atom stereocenters. The molecule has 1 atom stereocenters. The minimum Gasteiger partial charge on any atom is -0.352 e. The van der Waals surface area contributed by atoms with Crippen LogP contribution in [0.3, 0.4) is 0 Å². The minimum absolute atomic E-state index is 0.00261. The maximum absolute atomic E-state index is 12.7. The van der Waals surface area contributed by atoms with Gasteiger partial charge in [0.25, 0.3) is 5.91 Å². The summed E-state index contributed by atoms with van der Waals surface area (Å²) in [7, 11) is 1.79. The van der Waals surface area contributed by atoms with Gasteiger partial charge in [-0.3, -0.25) is 4.79 Å². The van der Waals surface area contributed by atoms with Crippen LogP contribution < -0.4 is 10.6 Å². The molecule has 0 aliphatic heterocycles. The molecule has 112 valence electrons. The molecular formula is C13H16BrF3N2O. The van der Waals surface area contributed by atoms with Gasteiger partial charge in [-0.1, -0.05) is 22.9 Å². The summed E-state index contributed by atoms with van der Waals surface area (Å²) in [4.78, 5) is 11.8. The maximum atomic E-state index is 12.7. The third-order valence-electron chi connectivity index (χ3n) is 2.70. The van der Waals surface area contributed by atoms with Crippen LogP contribution in [-0.2, 0) is 6.18 Å². The van der Waals surface area contributed by atoms with Gasteiger partial charge in [-0.25, -0.2) is 0 Å². The van der Waals surface area contributed by atoms with Crippen LogP contribution in [0, 0.1) is 5.92 Å². The van der Waals surface area contributed by atoms with Gasteiger partial charge in [0.1, 0.15) is 0 Å². The summed E-state index contributed by atoms with van der Waals surface area (Å²) >= 11 is 2.84. The van der Waals surface area contributed by atoms with Crippen LogP contribution in [0.1, 0.15) is 22.8 Å².